The predicted molar refractivity (Wildman–Crippen MR) is 101 cm³/mol. The minimum atomic E-state index is 0.0852. The third-order valence-corrected chi connectivity index (χ3v) is 4.51. The van der Waals surface area contributed by atoms with Gasteiger partial charge in [0.2, 0.25) is 5.62 Å². The fraction of sp³-hybridized carbons (Fsp3) is 0.389. The highest BCUT2D eigenvalue weighted by Crippen LogP contribution is 2.10. The van der Waals surface area contributed by atoms with Crippen LogP contribution >= 0.6 is 0 Å². The number of imidazole rings is 1. The Morgan fingerprint density at radius 3 is 2.04 bits per heavy atom. The number of amidine groups is 2. The highest BCUT2D eigenvalue weighted by atomic mass is 15.2. The van der Waals surface area contributed by atoms with Crippen LogP contribution in [0.25, 0.3) is 0 Å². The number of rotatable bonds is 7. The molecule has 0 bridgehead atoms. The second kappa shape index (κ2) is 7.83. The molecule has 2 aromatic rings. The first-order chi connectivity index (χ1) is 11.8. The number of hydrogen-bond acceptors (Lipinski definition) is 3. The monoisotopic (exact) mass is 341 g/mol. The molecular formula is C18H27N7. The quantitative estimate of drug-likeness (QED) is 0.448. The maximum Gasteiger partial charge on any atom is 0.205 e. The summed E-state index contributed by atoms with van der Waals surface area (Å²) in [5.41, 5.74) is 16.1. The van der Waals surface area contributed by atoms with Crippen LogP contribution in [0.1, 0.15) is 28.9 Å². The van der Waals surface area contributed by atoms with Gasteiger partial charge in [-0.2, -0.15) is 0 Å². The number of nitrogens with two attached hydrogens (primary N) is 2. The van der Waals surface area contributed by atoms with Crippen LogP contribution in [-0.2, 0) is 19.5 Å². The normalized spacial score (nSPS) is 11.7. The lowest BCUT2D eigenvalue weighted by Crippen LogP contribution is -2.29. The van der Waals surface area contributed by atoms with Gasteiger partial charge in [0.25, 0.3) is 0 Å². The molecule has 2 rings (SSSR count). The third-order valence-electron chi connectivity index (χ3n) is 4.51. The maximum absolute atomic E-state index is 7.45. The van der Waals surface area contributed by atoms with E-state index in [-0.39, 0.29) is 11.7 Å². The van der Waals surface area contributed by atoms with E-state index in [4.69, 9.17) is 22.3 Å². The van der Waals surface area contributed by atoms with Gasteiger partial charge in [-0.3, -0.25) is 15.8 Å². The number of nitrogen functional groups attached to an aromatic ring is 1. The second-order valence-corrected chi connectivity index (χ2v) is 6.13. The lowest BCUT2D eigenvalue weighted by molar-refractivity contribution is 0.588. The summed E-state index contributed by atoms with van der Waals surface area (Å²) in [5.74, 6) is 0.270. The Hall–Kier alpha value is -2.83. The number of aryl methyl sites for hydroxylation is 1. The van der Waals surface area contributed by atoms with Gasteiger partial charge in [0.05, 0.1) is 5.84 Å². The number of nitrogens with one attached hydrogen (secondary N) is 2. The average molecular weight is 341 g/mol. The number of benzene rings is 1. The van der Waals surface area contributed by atoms with Crippen molar-refractivity contribution in [1.82, 2.24) is 9.13 Å². The standard InChI is InChI=1S/C18H27N7/c1-12-13(2)25(11-9-16(19)20)18(23-3)24(12)10-8-14-4-6-15(7-5-14)17(21)22/h4-7H,8-11H2,1-3H3,(H3,19,20)(H3,21,22). The van der Waals surface area contributed by atoms with Crippen LogP contribution in [0.5, 0.6) is 0 Å². The predicted octanol–water partition coefficient (Wildman–Crippen LogP) is 1.29. The number of aromatic nitrogens is 2. The van der Waals surface area contributed by atoms with Gasteiger partial charge in [0, 0.05) is 43.5 Å². The van der Waals surface area contributed by atoms with Gasteiger partial charge in [-0.05, 0) is 25.8 Å². The molecule has 0 spiro atoms. The van der Waals surface area contributed by atoms with E-state index in [0.29, 0.717) is 13.0 Å². The second-order valence-electron chi connectivity index (χ2n) is 6.13. The molecular weight excluding hydrogens is 314 g/mol. The smallest absolute Gasteiger partial charge is 0.205 e. The largest absolute Gasteiger partial charge is 0.388 e. The summed E-state index contributed by atoms with van der Waals surface area (Å²) in [6.07, 6.45) is 1.38. The van der Waals surface area contributed by atoms with Crippen LogP contribution in [0.3, 0.4) is 0 Å². The Balaban J connectivity index is 2.23. The van der Waals surface area contributed by atoms with Crippen LogP contribution in [-0.4, -0.2) is 27.9 Å². The van der Waals surface area contributed by atoms with Crippen molar-refractivity contribution >= 4 is 11.7 Å². The van der Waals surface area contributed by atoms with Crippen LogP contribution in [0.15, 0.2) is 29.3 Å². The third kappa shape index (κ3) is 4.17. The van der Waals surface area contributed by atoms with E-state index in [9.17, 15) is 0 Å². The molecule has 0 saturated carbocycles. The van der Waals surface area contributed by atoms with E-state index >= 15 is 0 Å². The van der Waals surface area contributed by atoms with E-state index in [1.54, 1.807) is 7.05 Å². The zero-order valence-electron chi connectivity index (χ0n) is 15.1. The lowest BCUT2D eigenvalue weighted by atomic mass is 10.1. The molecule has 1 heterocycles. The fourth-order valence-corrected chi connectivity index (χ4v) is 2.94. The Labute approximate surface area is 148 Å². The molecule has 0 unspecified atom stereocenters. The minimum Gasteiger partial charge on any atom is -0.388 e. The van der Waals surface area contributed by atoms with Gasteiger partial charge in [-0.15, -0.1) is 0 Å². The van der Waals surface area contributed by atoms with Crippen molar-refractivity contribution < 1.29 is 0 Å². The van der Waals surface area contributed by atoms with Crippen LogP contribution < -0.4 is 17.1 Å². The lowest BCUT2D eigenvalue weighted by Gasteiger charge is -2.08. The van der Waals surface area contributed by atoms with Crippen molar-refractivity contribution in [2.45, 2.75) is 39.8 Å². The Morgan fingerprint density at radius 2 is 1.56 bits per heavy atom. The topological polar surface area (TPSA) is 122 Å². The van der Waals surface area contributed by atoms with Gasteiger partial charge in [0.1, 0.15) is 5.84 Å². The molecule has 7 nitrogen and oxygen atoms in total. The van der Waals surface area contributed by atoms with Gasteiger partial charge in [-0.25, -0.2) is 0 Å². The van der Waals surface area contributed by atoms with Gasteiger partial charge in [-0.1, -0.05) is 24.3 Å². The highest BCUT2D eigenvalue weighted by Gasteiger charge is 2.12. The highest BCUT2D eigenvalue weighted by molar-refractivity contribution is 5.94. The number of nitrogens with zero attached hydrogens (tertiary/aromatic N) is 3. The van der Waals surface area contributed by atoms with Crippen molar-refractivity contribution in [3.05, 3.63) is 52.4 Å². The van der Waals surface area contributed by atoms with Crippen molar-refractivity contribution in [1.29, 1.82) is 10.8 Å². The summed E-state index contributed by atoms with van der Waals surface area (Å²) in [6, 6.07) is 7.77. The van der Waals surface area contributed by atoms with Crippen molar-refractivity contribution in [2.24, 2.45) is 16.5 Å². The maximum atomic E-state index is 7.45. The first kappa shape index (κ1) is 18.5. The summed E-state index contributed by atoms with van der Waals surface area (Å²) >= 11 is 0. The molecule has 0 aliphatic rings. The van der Waals surface area contributed by atoms with E-state index in [1.807, 2.05) is 24.3 Å². The molecule has 1 aromatic heterocycles. The molecule has 1 aromatic carbocycles. The van der Waals surface area contributed by atoms with E-state index in [1.165, 1.54) is 11.3 Å². The zero-order valence-corrected chi connectivity index (χ0v) is 15.1. The molecule has 7 heteroatoms. The molecule has 0 amide bonds. The Morgan fingerprint density at radius 1 is 1.00 bits per heavy atom. The molecule has 0 saturated heterocycles. The van der Waals surface area contributed by atoms with E-state index < -0.39 is 0 Å². The van der Waals surface area contributed by atoms with Gasteiger partial charge < -0.3 is 20.6 Å². The Kier molecular flexibility index (Phi) is 5.80. The first-order valence-corrected chi connectivity index (χ1v) is 8.30. The molecule has 0 atom stereocenters. The van der Waals surface area contributed by atoms with Crippen LogP contribution in [0, 0.1) is 24.7 Å². The summed E-state index contributed by atoms with van der Waals surface area (Å²) in [5, 5.41) is 14.9. The van der Waals surface area contributed by atoms with Crippen molar-refractivity contribution in [2.75, 3.05) is 7.05 Å². The van der Waals surface area contributed by atoms with E-state index in [2.05, 4.69) is 28.0 Å². The molecule has 0 aliphatic heterocycles. The summed E-state index contributed by atoms with van der Waals surface area (Å²) in [6.45, 7) is 5.64. The van der Waals surface area contributed by atoms with E-state index in [0.717, 1.165) is 29.8 Å². The molecule has 0 fully saturated rings. The first-order valence-electron chi connectivity index (χ1n) is 8.30. The molecule has 0 radical (unpaired) electrons. The molecule has 6 N–H and O–H groups in total. The SMILES string of the molecule is CN=c1n(CCC(=N)N)c(C)c(C)n1CCc1ccc(C(=N)N)cc1. The van der Waals surface area contributed by atoms with Gasteiger partial charge >= 0.3 is 0 Å². The minimum absolute atomic E-state index is 0.0852. The van der Waals surface area contributed by atoms with Crippen molar-refractivity contribution in [3.63, 3.8) is 0 Å². The van der Waals surface area contributed by atoms with Gasteiger partial charge in [0.15, 0.2) is 0 Å². The van der Waals surface area contributed by atoms with Crippen LogP contribution in [0.4, 0.5) is 0 Å². The average Bonchev–Trinajstić information content (AvgIpc) is 2.81. The molecule has 0 aliphatic carbocycles. The number of hydrogen-bond donors (Lipinski definition) is 4. The Bertz CT molecular complexity index is 838. The fourth-order valence-electron chi connectivity index (χ4n) is 2.94. The van der Waals surface area contributed by atoms with Crippen LogP contribution in [0.2, 0.25) is 0 Å². The summed E-state index contributed by atoms with van der Waals surface area (Å²) < 4.78 is 4.32. The summed E-state index contributed by atoms with van der Waals surface area (Å²) in [7, 11) is 1.79. The zero-order chi connectivity index (χ0) is 18.6. The molecule has 25 heavy (non-hydrogen) atoms. The van der Waals surface area contributed by atoms with Crippen molar-refractivity contribution in [3.8, 4) is 0 Å². The molecule has 134 valence electrons. The summed E-state index contributed by atoms with van der Waals surface area (Å²) in [4.78, 5) is 4.45.